The molecule has 0 heterocycles. The number of hydrogen-bond donors (Lipinski definition) is 1. The van der Waals surface area contributed by atoms with Gasteiger partial charge >= 0.3 is 5.97 Å². The van der Waals surface area contributed by atoms with Gasteiger partial charge in [-0.1, -0.05) is 46.0 Å². The molecule has 0 spiro atoms. The molecule has 0 amide bonds. The first-order valence-corrected chi connectivity index (χ1v) is 7.87. The maximum Gasteiger partial charge on any atom is 0.311 e. The predicted molar refractivity (Wildman–Crippen MR) is 76.8 cm³/mol. The number of hydrogen-bond acceptors (Lipinski definition) is 3. The van der Waals surface area contributed by atoms with Crippen LogP contribution in [0.2, 0.25) is 0 Å². The van der Waals surface area contributed by atoms with Gasteiger partial charge in [0.2, 0.25) is 0 Å². The van der Waals surface area contributed by atoms with Crippen molar-refractivity contribution in [2.24, 2.45) is 11.8 Å². The molecule has 0 saturated heterocycles. The molecule has 3 unspecified atom stereocenters. The van der Waals surface area contributed by atoms with Crippen molar-refractivity contribution in [2.75, 3.05) is 7.11 Å². The summed E-state index contributed by atoms with van der Waals surface area (Å²) < 4.78 is 4.92. The second-order valence-corrected chi connectivity index (χ2v) is 6.03. The molecule has 1 rings (SSSR count). The Morgan fingerprint density at radius 1 is 1.37 bits per heavy atom. The third-order valence-electron chi connectivity index (χ3n) is 4.77. The molecule has 0 aliphatic heterocycles. The molecule has 1 saturated carbocycles. The number of unbranched alkanes of at least 4 members (excludes halogenated alkanes) is 1. The third kappa shape index (κ3) is 4.48. The molecule has 19 heavy (non-hydrogen) atoms. The zero-order valence-electron chi connectivity index (χ0n) is 12.8. The molecule has 0 aromatic rings. The van der Waals surface area contributed by atoms with Gasteiger partial charge in [-0.15, -0.1) is 0 Å². The summed E-state index contributed by atoms with van der Waals surface area (Å²) in [5, 5.41) is 11.0. The highest BCUT2D eigenvalue weighted by Crippen LogP contribution is 2.39. The third-order valence-corrected chi connectivity index (χ3v) is 4.77. The molecule has 0 bridgehead atoms. The first-order chi connectivity index (χ1) is 9.07. The van der Waals surface area contributed by atoms with Gasteiger partial charge in [-0.2, -0.15) is 0 Å². The van der Waals surface area contributed by atoms with E-state index >= 15 is 0 Å². The van der Waals surface area contributed by atoms with E-state index in [1.807, 2.05) is 0 Å². The molecule has 1 aliphatic rings. The van der Waals surface area contributed by atoms with Crippen LogP contribution in [0.25, 0.3) is 0 Å². The van der Waals surface area contributed by atoms with Crippen LogP contribution >= 0.6 is 0 Å². The fraction of sp³-hybridized carbons (Fsp3) is 0.938. The van der Waals surface area contributed by atoms with Crippen molar-refractivity contribution < 1.29 is 14.6 Å². The Bertz CT molecular complexity index is 277. The van der Waals surface area contributed by atoms with Gasteiger partial charge in [0.05, 0.1) is 18.6 Å². The predicted octanol–water partition coefficient (Wildman–Crippen LogP) is 3.69. The van der Waals surface area contributed by atoms with Crippen LogP contribution in [0.3, 0.4) is 0 Å². The van der Waals surface area contributed by atoms with Crippen molar-refractivity contribution >= 4 is 5.97 Å². The average Bonchev–Trinajstić information content (AvgIpc) is 2.61. The van der Waals surface area contributed by atoms with Crippen LogP contribution in [0, 0.1) is 11.8 Å². The molecule has 3 heteroatoms. The summed E-state index contributed by atoms with van der Waals surface area (Å²) in [5.74, 6) is 0.137. The van der Waals surface area contributed by atoms with Gasteiger partial charge in [-0.05, 0) is 31.6 Å². The fourth-order valence-corrected chi connectivity index (χ4v) is 3.33. The van der Waals surface area contributed by atoms with E-state index in [9.17, 15) is 9.90 Å². The van der Waals surface area contributed by atoms with Crippen LogP contribution in [0.15, 0.2) is 0 Å². The number of carbonyl (C=O) groups is 1. The molecule has 1 N–H and O–H groups in total. The van der Waals surface area contributed by atoms with Gasteiger partial charge in [0.15, 0.2) is 0 Å². The summed E-state index contributed by atoms with van der Waals surface area (Å²) >= 11 is 0. The number of aliphatic hydroxyl groups is 1. The molecule has 0 aromatic carbocycles. The summed E-state index contributed by atoms with van der Waals surface area (Å²) in [6, 6.07) is 0. The standard InChI is InChI=1S/C16H30O3/c1-4-6-9-14(15(17)19-3)16(18)11-7-8-13(5-2)10-12-16/h13-14,18H,4-12H2,1-3H3. The number of ether oxygens (including phenoxy) is 1. The maximum absolute atomic E-state index is 12.0. The van der Waals surface area contributed by atoms with E-state index in [1.165, 1.54) is 20.0 Å². The summed E-state index contributed by atoms with van der Waals surface area (Å²) in [7, 11) is 1.43. The monoisotopic (exact) mass is 270 g/mol. The molecular weight excluding hydrogens is 240 g/mol. The summed E-state index contributed by atoms with van der Waals surface area (Å²) in [4.78, 5) is 12.0. The normalized spacial score (nSPS) is 29.6. The van der Waals surface area contributed by atoms with Crippen LogP contribution in [0.4, 0.5) is 0 Å². The van der Waals surface area contributed by atoms with E-state index in [2.05, 4.69) is 13.8 Å². The van der Waals surface area contributed by atoms with Crippen LogP contribution in [-0.4, -0.2) is 23.8 Å². The minimum Gasteiger partial charge on any atom is -0.469 e. The molecule has 1 aliphatic carbocycles. The lowest BCUT2D eigenvalue weighted by atomic mass is 9.78. The van der Waals surface area contributed by atoms with Crippen molar-refractivity contribution in [3.05, 3.63) is 0 Å². The van der Waals surface area contributed by atoms with E-state index in [4.69, 9.17) is 4.74 Å². The molecule has 1 fully saturated rings. The zero-order chi connectivity index (χ0) is 14.3. The second kappa shape index (κ2) is 7.88. The molecule has 0 radical (unpaired) electrons. The number of carbonyl (C=O) groups excluding carboxylic acids is 1. The van der Waals surface area contributed by atoms with Crippen molar-refractivity contribution in [3.63, 3.8) is 0 Å². The quantitative estimate of drug-likeness (QED) is 0.591. The molecule has 112 valence electrons. The lowest BCUT2D eigenvalue weighted by molar-refractivity contribution is -0.157. The summed E-state index contributed by atoms with van der Waals surface area (Å²) in [5.41, 5.74) is -0.841. The Hall–Kier alpha value is -0.570. The van der Waals surface area contributed by atoms with Crippen LogP contribution in [0.5, 0.6) is 0 Å². The Balaban J connectivity index is 2.76. The minimum absolute atomic E-state index is 0.231. The van der Waals surface area contributed by atoms with Crippen molar-refractivity contribution in [3.8, 4) is 0 Å². The second-order valence-electron chi connectivity index (χ2n) is 6.03. The molecule has 0 aromatic heterocycles. The Morgan fingerprint density at radius 2 is 2.11 bits per heavy atom. The van der Waals surface area contributed by atoms with Crippen molar-refractivity contribution in [1.82, 2.24) is 0 Å². The number of methoxy groups -OCH3 is 1. The zero-order valence-corrected chi connectivity index (χ0v) is 12.8. The Morgan fingerprint density at radius 3 is 2.68 bits per heavy atom. The number of esters is 1. The Labute approximate surface area is 117 Å². The highest BCUT2D eigenvalue weighted by Gasteiger charge is 2.42. The van der Waals surface area contributed by atoms with Gasteiger partial charge in [-0.25, -0.2) is 0 Å². The van der Waals surface area contributed by atoms with Crippen LogP contribution < -0.4 is 0 Å². The maximum atomic E-state index is 12.0. The van der Waals surface area contributed by atoms with Gasteiger partial charge in [-0.3, -0.25) is 4.79 Å². The van der Waals surface area contributed by atoms with E-state index in [-0.39, 0.29) is 11.9 Å². The summed E-state index contributed by atoms with van der Waals surface area (Å²) in [6.07, 6.45) is 8.66. The van der Waals surface area contributed by atoms with Gasteiger partial charge < -0.3 is 9.84 Å². The van der Waals surface area contributed by atoms with Gasteiger partial charge in [0.1, 0.15) is 0 Å². The largest absolute Gasteiger partial charge is 0.469 e. The topological polar surface area (TPSA) is 46.5 Å². The highest BCUT2D eigenvalue weighted by molar-refractivity contribution is 5.73. The molecule has 3 atom stereocenters. The van der Waals surface area contributed by atoms with Gasteiger partial charge in [0.25, 0.3) is 0 Å². The number of rotatable bonds is 6. The fourth-order valence-electron chi connectivity index (χ4n) is 3.33. The SMILES string of the molecule is CCCCC(C(=O)OC)C1(O)CCCC(CC)CC1. The molecular formula is C16H30O3. The first kappa shape index (κ1) is 16.5. The highest BCUT2D eigenvalue weighted by atomic mass is 16.5. The van der Waals surface area contributed by atoms with E-state index in [1.54, 1.807) is 0 Å². The van der Waals surface area contributed by atoms with Gasteiger partial charge in [0, 0.05) is 0 Å². The van der Waals surface area contributed by atoms with Crippen molar-refractivity contribution in [2.45, 2.75) is 77.2 Å². The lowest BCUT2D eigenvalue weighted by Gasteiger charge is -2.34. The summed E-state index contributed by atoms with van der Waals surface area (Å²) in [6.45, 7) is 4.32. The minimum atomic E-state index is -0.841. The van der Waals surface area contributed by atoms with E-state index in [0.29, 0.717) is 5.92 Å². The van der Waals surface area contributed by atoms with E-state index in [0.717, 1.165) is 44.9 Å². The Kier molecular flexibility index (Phi) is 6.84. The van der Waals surface area contributed by atoms with Crippen LogP contribution in [0.1, 0.15) is 71.6 Å². The van der Waals surface area contributed by atoms with Crippen molar-refractivity contribution in [1.29, 1.82) is 0 Å². The first-order valence-electron chi connectivity index (χ1n) is 7.87. The lowest BCUT2D eigenvalue weighted by Crippen LogP contribution is -2.42. The van der Waals surface area contributed by atoms with E-state index < -0.39 is 5.60 Å². The average molecular weight is 270 g/mol. The van der Waals surface area contributed by atoms with Crippen LogP contribution in [-0.2, 0) is 9.53 Å². The smallest absolute Gasteiger partial charge is 0.311 e. The molecule has 3 nitrogen and oxygen atoms in total.